The Labute approximate surface area is 114 Å². The summed E-state index contributed by atoms with van der Waals surface area (Å²) < 4.78 is 13.7. The van der Waals surface area contributed by atoms with Gasteiger partial charge in [0, 0.05) is 50.4 Å². The standard InChI is InChI=1S/C15H22FN3/c16-14-4-2-1-3-13(14)15(17)11-18-7-9-19(10-8-18)12-5-6-12/h1-4,12,15H,5-11,17H2. The van der Waals surface area contributed by atoms with Gasteiger partial charge in [-0.15, -0.1) is 0 Å². The first-order valence-corrected chi connectivity index (χ1v) is 7.20. The number of halogens is 1. The molecule has 1 aromatic carbocycles. The summed E-state index contributed by atoms with van der Waals surface area (Å²) in [5.74, 6) is -0.188. The molecule has 2 N–H and O–H groups in total. The van der Waals surface area contributed by atoms with Gasteiger partial charge in [-0.3, -0.25) is 9.80 Å². The topological polar surface area (TPSA) is 32.5 Å². The van der Waals surface area contributed by atoms with E-state index in [9.17, 15) is 4.39 Å². The Balaban J connectivity index is 1.52. The van der Waals surface area contributed by atoms with Crippen LogP contribution >= 0.6 is 0 Å². The Hall–Kier alpha value is -0.970. The van der Waals surface area contributed by atoms with E-state index in [2.05, 4.69) is 9.80 Å². The van der Waals surface area contributed by atoms with Crippen molar-refractivity contribution in [1.82, 2.24) is 9.80 Å². The molecule has 0 spiro atoms. The summed E-state index contributed by atoms with van der Waals surface area (Å²) in [7, 11) is 0. The van der Waals surface area contributed by atoms with Crippen LogP contribution in [0.2, 0.25) is 0 Å². The fourth-order valence-electron chi connectivity index (χ4n) is 2.90. The SMILES string of the molecule is NC(CN1CCN(C2CC2)CC1)c1ccccc1F. The molecule has 19 heavy (non-hydrogen) atoms. The number of rotatable bonds is 4. The number of hydrogen-bond acceptors (Lipinski definition) is 3. The molecule has 2 aliphatic rings. The highest BCUT2D eigenvalue weighted by Gasteiger charge is 2.31. The Kier molecular flexibility index (Phi) is 3.82. The van der Waals surface area contributed by atoms with Gasteiger partial charge in [-0.2, -0.15) is 0 Å². The highest BCUT2D eigenvalue weighted by atomic mass is 19.1. The summed E-state index contributed by atoms with van der Waals surface area (Å²) in [5, 5.41) is 0. The molecule has 1 atom stereocenters. The van der Waals surface area contributed by atoms with Gasteiger partial charge in [0.05, 0.1) is 0 Å². The molecule has 1 heterocycles. The van der Waals surface area contributed by atoms with Crippen LogP contribution in [0.15, 0.2) is 24.3 Å². The number of benzene rings is 1. The molecule has 0 amide bonds. The van der Waals surface area contributed by atoms with E-state index in [1.165, 1.54) is 18.9 Å². The van der Waals surface area contributed by atoms with E-state index >= 15 is 0 Å². The van der Waals surface area contributed by atoms with Gasteiger partial charge < -0.3 is 5.73 Å². The summed E-state index contributed by atoms with van der Waals surface area (Å²) in [5.41, 5.74) is 6.77. The molecule has 0 aromatic heterocycles. The molecule has 4 heteroatoms. The highest BCUT2D eigenvalue weighted by Crippen LogP contribution is 2.27. The molecule has 1 saturated carbocycles. The predicted octanol–water partition coefficient (Wildman–Crippen LogP) is 1.61. The fraction of sp³-hybridized carbons (Fsp3) is 0.600. The smallest absolute Gasteiger partial charge is 0.128 e. The summed E-state index contributed by atoms with van der Waals surface area (Å²) in [6, 6.07) is 7.46. The highest BCUT2D eigenvalue weighted by molar-refractivity contribution is 5.21. The lowest BCUT2D eigenvalue weighted by Gasteiger charge is -2.36. The second-order valence-electron chi connectivity index (χ2n) is 5.70. The van der Waals surface area contributed by atoms with Crippen molar-refractivity contribution >= 4 is 0 Å². The Bertz CT molecular complexity index is 425. The minimum absolute atomic E-state index is 0.188. The van der Waals surface area contributed by atoms with E-state index < -0.39 is 0 Å². The second-order valence-corrected chi connectivity index (χ2v) is 5.70. The van der Waals surface area contributed by atoms with Crippen LogP contribution in [0.1, 0.15) is 24.4 Å². The minimum atomic E-state index is -0.228. The van der Waals surface area contributed by atoms with Crippen molar-refractivity contribution in [3.63, 3.8) is 0 Å². The molecule has 0 radical (unpaired) electrons. The first-order valence-electron chi connectivity index (χ1n) is 7.20. The normalized spacial score (nSPS) is 23.5. The van der Waals surface area contributed by atoms with Crippen LogP contribution in [-0.2, 0) is 0 Å². The van der Waals surface area contributed by atoms with E-state index in [0.717, 1.165) is 38.8 Å². The molecule has 1 aliphatic carbocycles. The lowest BCUT2D eigenvalue weighted by atomic mass is 10.1. The summed E-state index contributed by atoms with van der Waals surface area (Å²) in [6.07, 6.45) is 2.74. The van der Waals surface area contributed by atoms with Gasteiger partial charge in [0.25, 0.3) is 0 Å². The summed E-state index contributed by atoms with van der Waals surface area (Å²) >= 11 is 0. The molecule has 104 valence electrons. The minimum Gasteiger partial charge on any atom is -0.323 e. The number of nitrogens with two attached hydrogens (primary N) is 1. The first-order chi connectivity index (χ1) is 9.24. The van der Waals surface area contributed by atoms with E-state index in [-0.39, 0.29) is 11.9 Å². The van der Waals surface area contributed by atoms with Gasteiger partial charge in [-0.05, 0) is 18.9 Å². The molecule has 1 saturated heterocycles. The maximum atomic E-state index is 13.7. The molecule has 1 aromatic rings. The molecule has 0 bridgehead atoms. The first kappa shape index (κ1) is 13.0. The van der Waals surface area contributed by atoms with Crippen molar-refractivity contribution in [3.05, 3.63) is 35.6 Å². The van der Waals surface area contributed by atoms with E-state index in [0.29, 0.717) is 5.56 Å². The zero-order valence-electron chi connectivity index (χ0n) is 11.3. The van der Waals surface area contributed by atoms with Crippen LogP contribution in [0.4, 0.5) is 4.39 Å². The monoisotopic (exact) mass is 263 g/mol. The largest absolute Gasteiger partial charge is 0.323 e. The van der Waals surface area contributed by atoms with Gasteiger partial charge in [0.2, 0.25) is 0 Å². The molecule has 2 fully saturated rings. The molecule has 1 aliphatic heterocycles. The Morgan fingerprint density at radius 2 is 1.84 bits per heavy atom. The molecular formula is C15H22FN3. The van der Waals surface area contributed by atoms with Gasteiger partial charge >= 0.3 is 0 Å². The molecule has 1 unspecified atom stereocenters. The summed E-state index contributed by atoms with van der Waals surface area (Å²) in [6.45, 7) is 5.13. The predicted molar refractivity (Wildman–Crippen MR) is 74.4 cm³/mol. The number of nitrogens with zero attached hydrogens (tertiary/aromatic N) is 2. The summed E-state index contributed by atoms with van der Waals surface area (Å²) in [4.78, 5) is 4.93. The van der Waals surface area contributed by atoms with Gasteiger partial charge in [0.1, 0.15) is 5.82 Å². The average Bonchev–Trinajstić information content (AvgIpc) is 3.24. The zero-order chi connectivity index (χ0) is 13.2. The third kappa shape index (κ3) is 3.14. The van der Waals surface area contributed by atoms with Crippen LogP contribution in [0.5, 0.6) is 0 Å². The van der Waals surface area contributed by atoms with Crippen LogP contribution in [-0.4, -0.2) is 48.6 Å². The molecular weight excluding hydrogens is 241 g/mol. The number of hydrogen-bond donors (Lipinski definition) is 1. The Morgan fingerprint density at radius 1 is 1.16 bits per heavy atom. The van der Waals surface area contributed by atoms with Crippen molar-refractivity contribution in [2.45, 2.75) is 24.9 Å². The Morgan fingerprint density at radius 3 is 2.47 bits per heavy atom. The van der Waals surface area contributed by atoms with Crippen LogP contribution < -0.4 is 5.73 Å². The van der Waals surface area contributed by atoms with E-state index in [4.69, 9.17) is 5.73 Å². The maximum Gasteiger partial charge on any atom is 0.128 e. The van der Waals surface area contributed by atoms with Crippen molar-refractivity contribution < 1.29 is 4.39 Å². The lowest BCUT2D eigenvalue weighted by molar-refractivity contribution is 0.121. The third-order valence-corrected chi connectivity index (χ3v) is 4.23. The maximum absolute atomic E-state index is 13.7. The van der Waals surface area contributed by atoms with Crippen molar-refractivity contribution in [2.24, 2.45) is 5.73 Å². The van der Waals surface area contributed by atoms with Crippen LogP contribution in [0.3, 0.4) is 0 Å². The van der Waals surface area contributed by atoms with Crippen molar-refractivity contribution in [3.8, 4) is 0 Å². The van der Waals surface area contributed by atoms with E-state index in [1.54, 1.807) is 12.1 Å². The van der Waals surface area contributed by atoms with Crippen LogP contribution in [0, 0.1) is 5.82 Å². The fourth-order valence-corrected chi connectivity index (χ4v) is 2.90. The molecule has 3 nitrogen and oxygen atoms in total. The van der Waals surface area contributed by atoms with Gasteiger partial charge in [-0.1, -0.05) is 18.2 Å². The van der Waals surface area contributed by atoms with Crippen molar-refractivity contribution in [2.75, 3.05) is 32.7 Å². The van der Waals surface area contributed by atoms with Crippen molar-refractivity contribution in [1.29, 1.82) is 0 Å². The van der Waals surface area contributed by atoms with Crippen LogP contribution in [0.25, 0.3) is 0 Å². The van der Waals surface area contributed by atoms with E-state index in [1.807, 2.05) is 6.07 Å². The average molecular weight is 263 g/mol. The second kappa shape index (κ2) is 5.57. The zero-order valence-corrected chi connectivity index (χ0v) is 11.3. The number of piperazine rings is 1. The van der Waals surface area contributed by atoms with Gasteiger partial charge in [-0.25, -0.2) is 4.39 Å². The quantitative estimate of drug-likeness (QED) is 0.895. The lowest BCUT2D eigenvalue weighted by Crippen LogP contribution is -2.48. The third-order valence-electron chi connectivity index (χ3n) is 4.23. The van der Waals surface area contributed by atoms with Gasteiger partial charge in [0.15, 0.2) is 0 Å². The molecule has 3 rings (SSSR count).